The van der Waals surface area contributed by atoms with Crippen LogP contribution in [0.25, 0.3) is 0 Å². The number of sulfonamides is 1. The number of amides is 1. The van der Waals surface area contributed by atoms with Crippen LogP contribution in [-0.4, -0.2) is 31.7 Å². The number of piperidine rings is 1. The van der Waals surface area contributed by atoms with Crippen molar-refractivity contribution in [1.82, 2.24) is 4.31 Å². The first-order valence-electron chi connectivity index (χ1n) is 8.29. The van der Waals surface area contributed by atoms with E-state index < -0.39 is 15.9 Å². The number of anilines is 1. The third-order valence-corrected chi connectivity index (χ3v) is 7.32. The molecule has 1 fully saturated rings. The Morgan fingerprint density at radius 2 is 1.70 bits per heavy atom. The SMILES string of the molecule is O=C(Nc1cc(Cl)c(Cl)cc1Cl)[C@H]1CCCN(S(=O)(=O)c2ccccc2)C1. The van der Waals surface area contributed by atoms with Crippen molar-refractivity contribution in [3.05, 3.63) is 57.5 Å². The van der Waals surface area contributed by atoms with E-state index in [0.29, 0.717) is 25.1 Å². The molecule has 1 aliphatic rings. The van der Waals surface area contributed by atoms with Crippen molar-refractivity contribution in [2.45, 2.75) is 17.7 Å². The molecule has 144 valence electrons. The topological polar surface area (TPSA) is 66.5 Å². The summed E-state index contributed by atoms with van der Waals surface area (Å²) in [4.78, 5) is 12.9. The lowest BCUT2D eigenvalue weighted by atomic mass is 9.98. The number of carbonyl (C=O) groups excluding carboxylic acids is 1. The molecule has 0 aliphatic carbocycles. The van der Waals surface area contributed by atoms with E-state index >= 15 is 0 Å². The average Bonchev–Trinajstić information content (AvgIpc) is 2.67. The molecule has 9 heteroatoms. The zero-order valence-electron chi connectivity index (χ0n) is 14.2. The number of carbonyl (C=O) groups is 1. The van der Waals surface area contributed by atoms with E-state index in [-0.39, 0.29) is 32.4 Å². The predicted octanol–water partition coefficient (Wildman–Crippen LogP) is 4.69. The van der Waals surface area contributed by atoms with E-state index in [1.54, 1.807) is 30.3 Å². The fourth-order valence-corrected chi connectivity index (χ4v) is 5.11. The van der Waals surface area contributed by atoms with E-state index in [1.807, 2.05) is 0 Å². The van der Waals surface area contributed by atoms with Gasteiger partial charge in [0.1, 0.15) is 0 Å². The Morgan fingerprint density at radius 3 is 2.41 bits per heavy atom. The first-order valence-corrected chi connectivity index (χ1v) is 10.9. The van der Waals surface area contributed by atoms with Crippen molar-refractivity contribution in [1.29, 1.82) is 0 Å². The zero-order valence-corrected chi connectivity index (χ0v) is 17.2. The molecule has 0 spiro atoms. The first-order chi connectivity index (χ1) is 12.8. The van der Waals surface area contributed by atoms with Crippen molar-refractivity contribution >= 4 is 56.4 Å². The second-order valence-electron chi connectivity index (χ2n) is 6.25. The van der Waals surface area contributed by atoms with Crippen molar-refractivity contribution in [3.63, 3.8) is 0 Å². The first kappa shape index (κ1) is 20.4. The molecule has 0 radical (unpaired) electrons. The summed E-state index contributed by atoms with van der Waals surface area (Å²) in [5.74, 6) is -0.786. The Balaban J connectivity index is 1.75. The van der Waals surface area contributed by atoms with Crippen molar-refractivity contribution in [2.75, 3.05) is 18.4 Å². The van der Waals surface area contributed by atoms with E-state index in [2.05, 4.69) is 5.32 Å². The molecule has 1 atom stereocenters. The molecule has 1 N–H and O–H groups in total. The average molecular weight is 448 g/mol. The van der Waals surface area contributed by atoms with Gasteiger partial charge < -0.3 is 5.32 Å². The van der Waals surface area contributed by atoms with Crippen LogP contribution in [0.2, 0.25) is 15.1 Å². The van der Waals surface area contributed by atoms with Crippen LogP contribution in [0.5, 0.6) is 0 Å². The minimum atomic E-state index is -3.63. The number of hydrogen-bond acceptors (Lipinski definition) is 3. The van der Waals surface area contributed by atoms with E-state index in [1.165, 1.54) is 16.4 Å². The second kappa shape index (κ2) is 8.37. The zero-order chi connectivity index (χ0) is 19.6. The summed E-state index contributed by atoms with van der Waals surface area (Å²) in [7, 11) is -3.63. The van der Waals surface area contributed by atoms with Gasteiger partial charge in [0.05, 0.1) is 31.6 Å². The van der Waals surface area contributed by atoms with Gasteiger partial charge in [0.2, 0.25) is 15.9 Å². The van der Waals surface area contributed by atoms with Gasteiger partial charge in [-0.2, -0.15) is 4.31 Å². The van der Waals surface area contributed by atoms with Gasteiger partial charge in [-0.05, 0) is 37.1 Å². The van der Waals surface area contributed by atoms with Crippen LogP contribution in [0.4, 0.5) is 5.69 Å². The number of benzene rings is 2. The predicted molar refractivity (Wildman–Crippen MR) is 108 cm³/mol. The summed E-state index contributed by atoms with van der Waals surface area (Å²) in [5, 5.41) is 3.55. The molecule has 1 aliphatic heterocycles. The molecule has 0 aromatic heterocycles. The van der Waals surface area contributed by atoms with E-state index in [0.717, 1.165) is 0 Å². The third-order valence-electron chi connectivity index (χ3n) is 4.40. The molecular weight excluding hydrogens is 431 g/mol. The van der Waals surface area contributed by atoms with Crippen molar-refractivity contribution in [3.8, 4) is 0 Å². The van der Waals surface area contributed by atoms with Gasteiger partial charge in [0, 0.05) is 13.1 Å². The maximum Gasteiger partial charge on any atom is 0.243 e. The molecule has 1 amide bonds. The lowest BCUT2D eigenvalue weighted by Crippen LogP contribution is -2.43. The van der Waals surface area contributed by atoms with Crippen LogP contribution in [-0.2, 0) is 14.8 Å². The lowest BCUT2D eigenvalue weighted by Gasteiger charge is -2.31. The summed E-state index contributed by atoms with van der Waals surface area (Å²) in [5.41, 5.74) is 0.346. The summed E-state index contributed by atoms with van der Waals surface area (Å²) in [6, 6.07) is 11.1. The number of nitrogens with zero attached hydrogens (tertiary/aromatic N) is 1. The highest BCUT2D eigenvalue weighted by Crippen LogP contribution is 2.33. The fraction of sp³-hybridized carbons (Fsp3) is 0.278. The van der Waals surface area contributed by atoms with Crippen LogP contribution < -0.4 is 5.32 Å². The molecular formula is C18H17Cl3N2O3S. The van der Waals surface area contributed by atoms with E-state index in [9.17, 15) is 13.2 Å². The Bertz CT molecular complexity index is 952. The Morgan fingerprint density at radius 1 is 1.04 bits per heavy atom. The highest BCUT2D eigenvalue weighted by Gasteiger charge is 2.33. The standard InChI is InChI=1S/C18H17Cl3N2O3S/c19-14-9-16(21)17(10-15(14)20)22-18(24)12-5-4-8-23(11-12)27(25,26)13-6-2-1-3-7-13/h1-3,6-7,9-10,12H,4-5,8,11H2,(H,22,24)/t12-/m0/s1. The Kier molecular flexibility index (Phi) is 6.33. The molecule has 0 saturated carbocycles. The molecule has 0 bridgehead atoms. The third kappa shape index (κ3) is 4.58. The fourth-order valence-electron chi connectivity index (χ4n) is 2.97. The molecule has 1 saturated heterocycles. The van der Waals surface area contributed by atoms with Crippen LogP contribution in [0.15, 0.2) is 47.4 Å². The van der Waals surface area contributed by atoms with Gasteiger partial charge in [0.25, 0.3) is 0 Å². The summed E-state index contributed by atoms with van der Waals surface area (Å²) >= 11 is 18.0. The monoisotopic (exact) mass is 446 g/mol. The number of rotatable bonds is 4. The quantitative estimate of drug-likeness (QED) is 0.692. The molecule has 27 heavy (non-hydrogen) atoms. The molecule has 3 rings (SSSR count). The minimum absolute atomic E-state index is 0.113. The maximum atomic E-state index is 12.8. The number of nitrogens with one attached hydrogen (secondary N) is 1. The Hall–Kier alpha value is -1.31. The van der Waals surface area contributed by atoms with Gasteiger partial charge in [-0.25, -0.2) is 8.42 Å². The lowest BCUT2D eigenvalue weighted by molar-refractivity contribution is -0.120. The van der Waals surface area contributed by atoms with Crippen LogP contribution in [0, 0.1) is 5.92 Å². The number of halogens is 3. The summed E-state index contributed by atoms with van der Waals surface area (Å²) < 4.78 is 26.9. The Labute approximate surface area is 173 Å². The molecule has 5 nitrogen and oxygen atoms in total. The smallest absolute Gasteiger partial charge is 0.243 e. The molecule has 0 unspecified atom stereocenters. The largest absolute Gasteiger partial charge is 0.324 e. The second-order valence-corrected chi connectivity index (χ2v) is 9.41. The number of hydrogen-bond donors (Lipinski definition) is 1. The minimum Gasteiger partial charge on any atom is -0.324 e. The van der Waals surface area contributed by atoms with Crippen molar-refractivity contribution < 1.29 is 13.2 Å². The van der Waals surface area contributed by atoms with Crippen molar-refractivity contribution in [2.24, 2.45) is 5.92 Å². The van der Waals surface area contributed by atoms with Gasteiger partial charge >= 0.3 is 0 Å². The summed E-state index contributed by atoms with van der Waals surface area (Å²) in [6.07, 6.45) is 1.19. The van der Waals surface area contributed by atoms with Gasteiger partial charge in [0.15, 0.2) is 0 Å². The van der Waals surface area contributed by atoms with E-state index in [4.69, 9.17) is 34.8 Å². The van der Waals surface area contributed by atoms with Crippen LogP contribution >= 0.6 is 34.8 Å². The van der Waals surface area contributed by atoms with Gasteiger partial charge in [-0.1, -0.05) is 53.0 Å². The van der Waals surface area contributed by atoms with Crippen LogP contribution in [0.3, 0.4) is 0 Å². The normalized spacial score (nSPS) is 18.3. The van der Waals surface area contributed by atoms with Gasteiger partial charge in [-0.15, -0.1) is 0 Å². The van der Waals surface area contributed by atoms with Crippen LogP contribution in [0.1, 0.15) is 12.8 Å². The molecule has 2 aromatic rings. The summed E-state index contributed by atoms with van der Waals surface area (Å²) in [6.45, 7) is 0.497. The highest BCUT2D eigenvalue weighted by atomic mass is 35.5. The molecule has 2 aromatic carbocycles. The highest BCUT2D eigenvalue weighted by molar-refractivity contribution is 7.89. The molecule has 1 heterocycles. The van der Waals surface area contributed by atoms with Gasteiger partial charge in [-0.3, -0.25) is 4.79 Å². The maximum absolute atomic E-state index is 12.8.